The molecule has 5 heteroatoms. The van der Waals surface area contributed by atoms with E-state index in [-0.39, 0.29) is 12.1 Å². The smallest absolute Gasteiger partial charge is 0.123 e. The molecule has 2 unspecified atom stereocenters. The number of nitrogens with one attached hydrogen (secondary N) is 2. The van der Waals surface area contributed by atoms with Crippen LogP contribution in [0.25, 0.3) is 0 Å². The number of thiazole rings is 1. The number of imidazole rings is 1. The van der Waals surface area contributed by atoms with Crippen LogP contribution in [0.15, 0.2) is 23.3 Å². The molecular formula is C11H16N4S. The van der Waals surface area contributed by atoms with Crippen LogP contribution in [0.5, 0.6) is 0 Å². The molecule has 0 aliphatic carbocycles. The van der Waals surface area contributed by atoms with Crippen molar-refractivity contribution in [2.24, 2.45) is 0 Å². The van der Waals surface area contributed by atoms with Gasteiger partial charge in [0.1, 0.15) is 5.82 Å². The first-order chi connectivity index (χ1) is 7.81. The molecule has 0 radical (unpaired) electrons. The number of H-pyrrole nitrogens is 1. The topological polar surface area (TPSA) is 53.6 Å². The Bertz CT molecular complexity index is 396. The van der Waals surface area contributed by atoms with E-state index in [0.717, 1.165) is 17.9 Å². The monoisotopic (exact) mass is 236 g/mol. The zero-order valence-electron chi connectivity index (χ0n) is 9.47. The van der Waals surface area contributed by atoms with Crippen molar-refractivity contribution in [2.75, 3.05) is 0 Å². The van der Waals surface area contributed by atoms with Gasteiger partial charge in [-0.1, -0.05) is 6.92 Å². The van der Waals surface area contributed by atoms with Crippen LogP contribution in [0.4, 0.5) is 0 Å². The van der Waals surface area contributed by atoms with Gasteiger partial charge in [-0.25, -0.2) is 9.97 Å². The summed E-state index contributed by atoms with van der Waals surface area (Å²) < 4.78 is 0. The molecule has 0 aliphatic rings. The summed E-state index contributed by atoms with van der Waals surface area (Å²) in [6, 6.07) is 0.507. The van der Waals surface area contributed by atoms with Crippen LogP contribution >= 0.6 is 11.3 Å². The Morgan fingerprint density at radius 1 is 1.50 bits per heavy atom. The van der Waals surface area contributed by atoms with E-state index in [1.807, 2.05) is 11.7 Å². The van der Waals surface area contributed by atoms with E-state index < -0.39 is 0 Å². The van der Waals surface area contributed by atoms with E-state index >= 15 is 0 Å². The molecule has 2 atom stereocenters. The van der Waals surface area contributed by atoms with Crippen molar-refractivity contribution < 1.29 is 0 Å². The van der Waals surface area contributed by atoms with Crippen molar-refractivity contribution in [1.82, 2.24) is 20.3 Å². The molecular weight excluding hydrogens is 220 g/mol. The van der Waals surface area contributed by atoms with Gasteiger partial charge < -0.3 is 4.98 Å². The Kier molecular flexibility index (Phi) is 3.69. The molecule has 0 spiro atoms. The maximum Gasteiger partial charge on any atom is 0.123 e. The second-order valence-electron chi connectivity index (χ2n) is 3.74. The maximum absolute atomic E-state index is 4.31. The van der Waals surface area contributed by atoms with E-state index in [0.29, 0.717) is 0 Å². The van der Waals surface area contributed by atoms with Gasteiger partial charge in [-0.3, -0.25) is 5.32 Å². The average Bonchev–Trinajstić information content (AvgIpc) is 2.96. The lowest BCUT2D eigenvalue weighted by Gasteiger charge is -2.19. The van der Waals surface area contributed by atoms with Crippen molar-refractivity contribution in [3.63, 3.8) is 0 Å². The molecule has 0 aromatic carbocycles. The van der Waals surface area contributed by atoms with Crippen LogP contribution < -0.4 is 5.32 Å². The lowest BCUT2D eigenvalue weighted by molar-refractivity contribution is 0.436. The minimum Gasteiger partial charge on any atom is -0.347 e. The van der Waals surface area contributed by atoms with Crippen LogP contribution in [0.3, 0.4) is 0 Å². The fraction of sp³-hybridized carbons (Fsp3) is 0.455. The van der Waals surface area contributed by atoms with Gasteiger partial charge in [0.05, 0.1) is 17.2 Å². The van der Waals surface area contributed by atoms with E-state index in [9.17, 15) is 0 Å². The van der Waals surface area contributed by atoms with Crippen LogP contribution in [-0.4, -0.2) is 15.0 Å². The predicted molar refractivity (Wildman–Crippen MR) is 65.3 cm³/mol. The highest BCUT2D eigenvalue weighted by atomic mass is 32.1. The molecule has 0 saturated heterocycles. The minimum atomic E-state index is 0.251. The highest BCUT2D eigenvalue weighted by Gasteiger charge is 2.16. The first kappa shape index (κ1) is 11.3. The second-order valence-corrected chi connectivity index (χ2v) is 4.46. The van der Waals surface area contributed by atoms with Crippen molar-refractivity contribution >= 4 is 11.3 Å². The van der Waals surface area contributed by atoms with Gasteiger partial charge >= 0.3 is 0 Å². The molecule has 16 heavy (non-hydrogen) atoms. The van der Waals surface area contributed by atoms with Gasteiger partial charge in [0.2, 0.25) is 0 Å². The Balaban J connectivity index is 2.02. The zero-order chi connectivity index (χ0) is 11.4. The summed E-state index contributed by atoms with van der Waals surface area (Å²) in [4.78, 5) is 11.7. The molecule has 0 amide bonds. The normalized spacial score (nSPS) is 14.9. The molecule has 2 heterocycles. The summed E-state index contributed by atoms with van der Waals surface area (Å²) in [6.45, 7) is 4.27. The Labute approximate surface area is 99.2 Å². The SMILES string of the molecule is CCC(NC(C)c1cscn1)c1ncc[nH]1. The zero-order valence-corrected chi connectivity index (χ0v) is 10.3. The average molecular weight is 236 g/mol. The van der Waals surface area contributed by atoms with E-state index in [1.54, 1.807) is 17.5 Å². The summed E-state index contributed by atoms with van der Waals surface area (Å²) in [5.41, 5.74) is 2.96. The molecule has 2 aromatic heterocycles. The summed E-state index contributed by atoms with van der Waals surface area (Å²) in [5.74, 6) is 0.990. The number of aromatic nitrogens is 3. The number of aromatic amines is 1. The Hall–Kier alpha value is -1.20. The van der Waals surface area contributed by atoms with Gasteiger partial charge in [-0.2, -0.15) is 0 Å². The molecule has 0 fully saturated rings. The molecule has 86 valence electrons. The summed E-state index contributed by atoms with van der Waals surface area (Å²) in [5, 5.41) is 5.60. The van der Waals surface area contributed by atoms with Gasteiger partial charge in [-0.15, -0.1) is 11.3 Å². The molecule has 2 rings (SSSR count). The molecule has 2 aromatic rings. The summed E-state index contributed by atoms with van der Waals surface area (Å²) in [6.07, 6.45) is 4.64. The quantitative estimate of drug-likeness (QED) is 0.839. The van der Waals surface area contributed by atoms with Gasteiger partial charge in [0.25, 0.3) is 0 Å². The van der Waals surface area contributed by atoms with Crippen molar-refractivity contribution in [1.29, 1.82) is 0 Å². The second kappa shape index (κ2) is 5.23. The fourth-order valence-corrected chi connectivity index (χ4v) is 2.33. The van der Waals surface area contributed by atoms with E-state index in [1.165, 1.54) is 0 Å². The molecule has 0 saturated carbocycles. The summed E-state index contributed by atoms with van der Waals surface area (Å²) in [7, 11) is 0. The number of hydrogen-bond donors (Lipinski definition) is 2. The minimum absolute atomic E-state index is 0.251. The third-order valence-corrected chi connectivity index (χ3v) is 3.21. The lowest BCUT2D eigenvalue weighted by Crippen LogP contribution is -2.25. The predicted octanol–water partition coefficient (Wildman–Crippen LogP) is 2.67. The highest BCUT2D eigenvalue weighted by Crippen LogP contribution is 2.19. The third kappa shape index (κ3) is 2.48. The third-order valence-electron chi connectivity index (χ3n) is 2.60. The summed E-state index contributed by atoms with van der Waals surface area (Å²) >= 11 is 1.63. The number of nitrogens with zero attached hydrogens (tertiary/aromatic N) is 2. The Morgan fingerprint density at radius 2 is 2.38 bits per heavy atom. The van der Waals surface area contributed by atoms with E-state index in [4.69, 9.17) is 0 Å². The van der Waals surface area contributed by atoms with Crippen LogP contribution in [-0.2, 0) is 0 Å². The standard InChI is InChI=1S/C11H16N4S/c1-3-9(11-12-4-5-13-11)15-8(2)10-6-16-7-14-10/h4-9,15H,3H2,1-2H3,(H,12,13). The maximum atomic E-state index is 4.31. The number of rotatable bonds is 5. The van der Waals surface area contributed by atoms with Crippen LogP contribution in [0, 0.1) is 0 Å². The molecule has 0 aliphatic heterocycles. The van der Waals surface area contributed by atoms with E-state index in [2.05, 4.69) is 39.5 Å². The largest absolute Gasteiger partial charge is 0.347 e. The first-order valence-electron chi connectivity index (χ1n) is 5.44. The highest BCUT2D eigenvalue weighted by molar-refractivity contribution is 7.07. The van der Waals surface area contributed by atoms with Gasteiger partial charge in [-0.05, 0) is 13.3 Å². The molecule has 2 N–H and O–H groups in total. The number of hydrogen-bond acceptors (Lipinski definition) is 4. The lowest BCUT2D eigenvalue weighted by atomic mass is 10.1. The van der Waals surface area contributed by atoms with Crippen molar-refractivity contribution in [2.45, 2.75) is 32.4 Å². The van der Waals surface area contributed by atoms with Crippen molar-refractivity contribution in [3.05, 3.63) is 34.8 Å². The van der Waals surface area contributed by atoms with Crippen molar-refractivity contribution in [3.8, 4) is 0 Å². The Morgan fingerprint density at radius 3 is 2.94 bits per heavy atom. The van der Waals surface area contributed by atoms with Crippen LogP contribution in [0.2, 0.25) is 0 Å². The molecule has 0 bridgehead atoms. The van der Waals surface area contributed by atoms with Crippen LogP contribution in [0.1, 0.15) is 43.9 Å². The first-order valence-corrected chi connectivity index (χ1v) is 6.39. The van der Waals surface area contributed by atoms with Gasteiger partial charge in [0.15, 0.2) is 0 Å². The molecule has 4 nitrogen and oxygen atoms in total. The fourth-order valence-electron chi connectivity index (χ4n) is 1.68. The van der Waals surface area contributed by atoms with Gasteiger partial charge in [0, 0.05) is 23.8 Å².